The highest BCUT2D eigenvalue weighted by Crippen LogP contribution is 2.13. The molecule has 148 valence electrons. The number of carbonyl (C=O) groups excluding carboxylic acids is 3. The van der Waals surface area contributed by atoms with Gasteiger partial charge in [-0.1, -0.05) is 18.2 Å². The Kier molecular flexibility index (Phi) is 5.93. The molecule has 1 aromatic heterocycles. The minimum atomic E-state index is -0.919. The smallest absolute Gasteiger partial charge is 0.409 e. The highest BCUT2D eigenvalue weighted by Gasteiger charge is 2.26. The van der Waals surface area contributed by atoms with Crippen molar-refractivity contribution >= 4 is 28.9 Å². The fourth-order valence-corrected chi connectivity index (χ4v) is 2.85. The van der Waals surface area contributed by atoms with Crippen molar-refractivity contribution in [3.05, 3.63) is 46.3 Å². The van der Waals surface area contributed by atoms with Crippen LogP contribution in [0, 0.1) is 0 Å². The molecule has 3 rings (SSSR count). The van der Waals surface area contributed by atoms with Gasteiger partial charge in [-0.3, -0.25) is 4.79 Å². The molecule has 2 amide bonds. The Labute approximate surface area is 160 Å². The largest absolute Gasteiger partial charge is 0.452 e. The molecule has 1 aromatic carbocycles. The predicted octanol–water partition coefficient (Wildman–Crippen LogP) is 1.25. The topological polar surface area (TPSA) is 106 Å². The number of piperazine rings is 1. The van der Waals surface area contributed by atoms with Gasteiger partial charge in [0.15, 0.2) is 6.61 Å². The van der Waals surface area contributed by atoms with Crippen LogP contribution in [0.25, 0.3) is 11.0 Å². The van der Waals surface area contributed by atoms with E-state index in [1.54, 1.807) is 31.2 Å². The predicted molar refractivity (Wildman–Crippen MR) is 97.9 cm³/mol. The number of ether oxygens (including phenoxy) is 2. The van der Waals surface area contributed by atoms with E-state index in [1.165, 1.54) is 15.9 Å². The van der Waals surface area contributed by atoms with Gasteiger partial charge in [0.2, 0.25) is 0 Å². The third-order valence-corrected chi connectivity index (χ3v) is 4.35. The minimum Gasteiger partial charge on any atom is -0.452 e. The van der Waals surface area contributed by atoms with Crippen LogP contribution in [0.4, 0.5) is 4.79 Å². The van der Waals surface area contributed by atoms with Crippen molar-refractivity contribution in [2.45, 2.75) is 6.92 Å². The van der Waals surface area contributed by atoms with E-state index >= 15 is 0 Å². The van der Waals surface area contributed by atoms with Gasteiger partial charge in [0.25, 0.3) is 5.91 Å². The zero-order valence-electron chi connectivity index (χ0n) is 15.4. The van der Waals surface area contributed by atoms with Gasteiger partial charge in [-0.2, -0.15) is 0 Å². The normalized spacial score (nSPS) is 14.0. The van der Waals surface area contributed by atoms with Gasteiger partial charge >= 0.3 is 17.7 Å². The molecule has 0 aliphatic carbocycles. The van der Waals surface area contributed by atoms with Crippen LogP contribution in [0.3, 0.4) is 0 Å². The van der Waals surface area contributed by atoms with Crippen LogP contribution < -0.4 is 5.63 Å². The number of carbonyl (C=O) groups is 3. The van der Waals surface area contributed by atoms with Crippen molar-refractivity contribution in [3.8, 4) is 0 Å². The zero-order valence-corrected chi connectivity index (χ0v) is 15.4. The van der Waals surface area contributed by atoms with E-state index in [0.29, 0.717) is 37.1 Å². The molecule has 0 atom stereocenters. The van der Waals surface area contributed by atoms with Gasteiger partial charge in [0, 0.05) is 31.6 Å². The number of para-hydroxylation sites is 1. The van der Waals surface area contributed by atoms with Crippen molar-refractivity contribution in [3.63, 3.8) is 0 Å². The van der Waals surface area contributed by atoms with Crippen LogP contribution in [0.2, 0.25) is 0 Å². The third kappa shape index (κ3) is 4.30. The molecule has 0 unspecified atom stereocenters. The highest BCUT2D eigenvalue weighted by molar-refractivity contribution is 5.94. The second-order valence-corrected chi connectivity index (χ2v) is 6.13. The van der Waals surface area contributed by atoms with E-state index < -0.39 is 30.2 Å². The minimum absolute atomic E-state index is 0.265. The molecule has 2 aromatic rings. The summed E-state index contributed by atoms with van der Waals surface area (Å²) in [4.78, 5) is 51.1. The molecule has 9 nitrogen and oxygen atoms in total. The number of rotatable bonds is 4. The summed E-state index contributed by atoms with van der Waals surface area (Å²) in [7, 11) is 0. The van der Waals surface area contributed by atoms with Crippen molar-refractivity contribution in [1.29, 1.82) is 0 Å². The Bertz CT molecular complexity index is 945. The van der Waals surface area contributed by atoms with Crippen LogP contribution >= 0.6 is 0 Å². The van der Waals surface area contributed by atoms with Gasteiger partial charge in [0.1, 0.15) is 11.1 Å². The second-order valence-electron chi connectivity index (χ2n) is 6.13. The maximum absolute atomic E-state index is 12.2. The van der Waals surface area contributed by atoms with E-state index in [0.717, 1.165) is 0 Å². The molecular weight excluding hydrogens is 368 g/mol. The van der Waals surface area contributed by atoms with E-state index in [-0.39, 0.29) is 12.2 Å². The molecule has 9 heteroatoms. The van der Waals surface area contributed by atoms with Crippen LogP contribution in [-0.2, 0) is 14.3 Å². The molecule has 0 saturated carbocycles. The molecule has 2 heterocycles. The van der Waals surface area contributed by atoms with Crippen LogP contribution in [-0.4, -0.2) is 67.2 Å². The second kappa shape index (κ2) is 8.55. The molecule has 0 radical (unpaired) electrons. The van der Waals surface area contributed by atoms with Crippen molar-refractivity contribution < 1.29 is 28.3 Å². The third-order valence-electron chi connectivity index (χ3n) is 4.35. The summed E-state index contributed by atoms with van der Waals surface area (Å²) < 4.78 is 15.0. The Morgan fingerprint density at radius 3 is 2.43 bits per heavy atom. The number of amides is 2. The van der Waals surface area contributed by atoms with Crippen LogP contribution in [0.5, 0.6) is 0 Å². The number of fused-ring (bicyclic) bond motifs is 1. The summed E-state index contributed by atoms with van der Waals surface area (Å²) in [6.07, 6.45) is -0.413. The molecule has 1 saturated heterocycles. The molecule has 1 fully saturated rings. The first-order valence-corrected chi connectivity index (χ1v) is 8.89. The van der Waals surface area contributed by atoms with Crippen LogP contribution in [0.15, 0.2) is 39.5 Å². The summed E-state index contributed by atoms with van der Waals surface area (Å²) in [5, 5.41) is 0.579. The van der Waals surface area contributed by atoms with E-state index in [1.807, 2.05) is 0 Å². The average Bonchev–Trinajstić information content (AvgIpc) is 2.71. The maximum atomic E-state index is 12.2. The lowest BCUT2D eigenvalue weighted by molar-refractivity contribution is -0.136. The Balaban J connectivity index is 1.55. The number of hydrogen-bond acceptors (Lipinski definition) is 7. The van der Waals surface area contributed by atoms with Gasteiger partial charge < -0.3 is 23.7 Å². The average molecular weight is 388 g/mol. The first-order chi connectivity index (χ1) is 13.5. The molecular formula is C19H20N2O7. The first-order valence-electron chi connectivity index (χ1n) is 8.89. The van der Waals surface area contributed by atoms with Crippen molar-refractivity contribution in [2.24, 2.45) is 0 Å². The molecule has 1 aliphatic rings. The maximum Gasteiger partial charge on any atom is 0.409 e. The molecule has 1 aliphatic heterocycles. The summed E-state index contributed by atoms with van der Waals surface area (Å²) in [5.41, 5.74) is -0.725. The SMILES string of the molecule is CCOC(=O)N1CCN(C(=O)COC(=O)c2cc3ccccc3oc2=O)CC1. The monoisotopic (exact) mass is 388 g/mol. The number of hydrogen-bond donors (Lipinski definition) is 0. The van der Waals surface area contributed by atoms with Crippen LogP contribution in [0.1, 0.15) is 17.3 Å². The Morgan fingerprint density at radius 2 is 1.71 bits per heavy atom. The van der Waals surface area contributed by atoms with Crippen molar-refractivity contribution in [2.75, 3.05) is 39.4 Å². The zero-order chi connectivity index (χ0) is 20.1. The number of benzene rings is 1. The van der Waals surface area contributed by atoms with Gasteiger partial charge in [-0.05, 0) is 19.1 Å². The van der Waals surface area contributed by atoms with Crippen molar-refractivity contribution in [1.82, 2.24) is 9.80 Å². The Morgan fingerprint density at radius 1 is 1.04 bits per heavy atom. The van der Waals surface area contributed by atoms with E-state index in [4.69, 9.17) is 13.9 Å². The lowest BCUT2D eigenvalue weighted by atomic mass is 10.2. The summed E-state index contributed by atoms with van der Waals surface area (Å²) in [6, 6.07) is 8.15. The molecule has 0 N–H and O–H groups in total. The number of esters is 1. The molecule has 0 spiro atoms. The van der Waals surface area contributed by atoms with Gasteiger partial charge in [-0.15, -0.1) is 0 Å². The Hall–Kier alpha value is -3.36. The van der Waals surface area contributed by atoms with Gasteiger partial charge in [-0.25, -0.2) is 14.4 Å². The highest BCUT2D eigenvalue weighted by atomic mass is 16.6. The van der Waals surface area contributed by atoms with Gasteiger partial charge in [0.05, 0.1) is 6.61 Å². The quantitative estimate of drug-likeness (QED) is 0.573. The first kappa shape index (κ1) is 19.4. The lowest BCUT2D eigenvalue weighted by Crippen LogP contribution is -2.51. The number of nitrogens with zero attached hydrogens (tertiary/aromatic N) is 2. The summed E-state index contributed by atoms with van der Waals surface area (Å²) >= 11 is 0. The van der Waals surface area contributed by atoms with E-state index in [2.05, 4.69) is 0 Å². The van der Waals surface area contributed by atoms with E-state index in [9.17, 15) is 19.2 Å². The molecule has 0 bridgehead atoms. The standard InChI is InChI=1S/C19H20N2O7/c1-2-26-19(25)21-9-7-20(8-10-21)16(22)12-27-17(23)14-11-13-5-3-4-6-15(13)28-18(14)24/h3-6,11H,2,7-10,12H2,1H3. The fraction of sp³-hybridized carbons (Fsp3) is 0.368. The lowest BCUT2D eigenvalue weighted by Gasteiger charge is -2.33. The fourth-order valence-electron chi connectivity index (χ4n) is 2.85. The molecule has 28 heavy (non-hydrogen) atoms. The summed E-state index contributed by atoms with van der Waals surface area (Å²) in [5.74, 6) is -1.32. The summed E-state index contributed by atoms with van der Waals surface area (Å²) in [6.45, 7) is 2.82.